The van der Waals surface area contributed by atoms with E-state index in [2.05, 4.69) is 9.93 Å². The Morgan fingerprint density at radius 1 is 1.28 bits per heavy atom. The average Bonchev–Trinajstić information content (AvgIpc) is 2.51. The van der Waals surface area contributed by atoms with Crippen molar-refractivity contribution in [3.05, 3.63) is 24.3 Å². The highest BCUT2D eigenvalue weighted by Gasteiger charge is 2.38. The summed E-state index contributed by atoms with van der Waals surface area (Å²) in [6.07, 6.45) is -0.447. The van der Waals surface area contributed by atoms with Gasteiger partial charge in [-0.2, -0.15) is 18.4 Å². The summed E-state index contributed by atoms with van der Waals surface area (Å²) in [6.45, 7) is 7.34. The van der Waals surface area contributed by atoms with Crippen molar-refractivity contribution < 1.29 is 22.7 Å². The molecule has 138 valence electrons. The van der Waals surface area contributed by atoms with E-state index in [0.717, 1.165) is 0 Å². The molecule has 1 aromatic carbocycles. The van der Waals surface area contributed by atoms with Crippen molar-refractivity contribution in [2.45, 2.75) is 44.2 Å². The van der Waals surface area contributed by atoms with Gasteiger partial charge >= 0.3 is 6.09 Å². The lowest BCUT2D eigenvalue weighted by Gasteiger charge is -2.40. The summed E-state index contributed by atoms with van der Waals surface area (Å²) in [5.41, 5.74) is -0.0254. The van der Waals surface area contributed by atoms with Gasteiger partial charge in [-0.1, -0.05) is 0 Å². The highest BCUT2D eigenvalue weighted by Crippen LogP contribution is 2.20. The van der Waals surface area contributed by atoms with E-state index in [1.54, 1.807) is 39.8 Å². The summed E-state index contributed by atoms with van der Waals surface area (Å²) >= 11 is 0. The predicted octanol–water partition coefficient (Wildman–Crippen LogP) is 1.97. The van der Waals surface area contributed by atoms with Crippen molar-refractivity contribution in [2.75, 3.05) is 13.7 Å². The number of hydrazone groups is 1. The van der Waals surface area contributed by atoms with Crippen LogP contribution in [0.3, 0.4) is 0 Å². The zero-order valence-electron chi connectivity index (χ0n) is 14.9. The maximum atomic E-state index is 12.2. The summed E-state index contributed by atoms with van der Waals surface area (Å²) in [7, 11) is -2.27. The number of carbonyl (C=O) groups is 1. The first-order valence-electron chi connectivity index (χ1n) is 7.75. The van der Waals surface area contributed by atoms with E-state index in [1.807, 2.05) is 0 Å². The van der Waals surface area contributed by atoms with E-state index < -0.39 is 21.7 Å². The molecule has 1 atom stereocenters. The molecule has 1 N–H and O–H groups in total. The monoisotopic (exact) mass is 369 g/mol. The topological polar surface area (TPSA) is 97.3 Å². The average molecular weight is 369 g/mol. The van der Waals surface area contributed by atoms with Gasteiger partial charge in [-0.15, -0.1) is 0 Å². The van der Waals surface area contributed by atoms with Crippen LogP contribution >= 0.6 is 0 Å². The molecule has 25 heavy (non-hydrogen) atoms. The Labute approximate surface area is 147 Å². The normalized spacial score (nSPS) is 19.3. The van der Waals surface area contributed by atoms with Gasteiger partial charge < -0.3 is 9.47 Å². The second kappa shape index (κ2) is 6.91. The standard InChI is InChI=1S/C16H23N3O5S/c1-11-14(10-19(11)15(20)24-16(2,3)4)17-18-25(21,22)13-8-6-12(23-5)7-9-13/h6-9,11,18H,10H2,1-5H3/b17-14-. The van der Waals surface area contributed by atoms with Crippen LogP contribution in [0, 0.1) is 0 Å². The molecular formula is C16H23N3O5S. The molecular weight excluding hydrogens is 346 g/mol. The van der Waals surface area contributed by atoms with E-state index in [1.165, 1.54) is 24.1 Å². The minimum atomic E-state index is -3.77. The SMILES string of the molecule is COc1ccc(S(=O)(=O)N/N=C2/CN(C(=O)OC(C)(C)C)C2C)cc1. The van der Waals surface area contributed by atoms with Crippen molar-refractivity contribution in [1.82, 2.24) is 9.73 Å². The van der Waals surface area contributed by atoms with Crippen LogP contribution < -0.4 is 9.57 Å². The molecule has 2 rings (SSSR count). The van der Waals surface area contributed by atoms with E-state index in [9.17, 15) is 13.2 Å². The Hall–Kier alpha value is -2.29. The molecule has 1 unspecified atom stereocenters. The smallest absolute Gasteiger partial charge is 0.411 e. The van der Waals surface area contributed by atoms with Crippen LogP contribution in [0.5, 0.6) is 5.75 Å². The lowest BCUT2D eigenvalue weighted by molar-refractivity contribution is 0.0196. The number of rotatable bonds is 4. The van der Waals surface area contributed by atoms with Crippen molar-refractivity contribution in [3.8, 4) is 5.75 Å². The van der Waals surface area contributed by atoms with Crippen LogP contribution in [0.25, 0.3) is 0 Å². The molecule has 0 aromatic heterocycles. The second-order valence-electron chi connectivity index (χ2n) is 6.66. The molecule has 0 aliphatic carbocycles. The number of nitrogens with zero attached hydrogens (tertiary/aromatic N) is 2. The second-order valence-corrected chi connectivity index (χ2v) is 8.32. The molecule has 1 aliphatic rings. The molecule has 8 nitrogen and oxygen atoms in total. The third-order valence-electron chi connectivity index (χ3n) is 3.59. The van der Waals surface area contributed by atoms with Crippen molar-refractivity contribution in [3.63, 3.8) is 0 Å². The fourth-order valence-electron chi connectivity index (χ4n) is 2.11. The molecule has 1 saturated heterocycles. The van der Waals surface area contributed by atoms with Gasteiger partial charge in [0.1, 0.15) is 11.4 Å². The van der Waals surface area contributed by atoms with Gasteiger partial charge in [0.05, 0.1) is 30.3 Å². The Bertz CT molecular complexity index is 766. The number of methoxy groups -OCH3 is 1. The zero-order chi connectivity index (χ0) is 18.8. The third kappa shape index (κ3) is 4.62. The molecule has 1 heterocycles. The molecule has 9 heteroatoms. The van der Waals surface area contributed by atoms with Gasteiger partial charge in [0, 0.05) is 0 Å². The van der Waals surface area contributed by atoms with Crippen molar-refractivity contribution in [2.24, 2.45) is 5.10 Å². The molecule has 1 aromatic rings. The third-order valence-corrected chi connectivity index (χ3v) is 4.81. The Morgan fingerprint density at radius 3 is 2.36 bits per heavy atom. The number of benzene rings is 1. The summed E-state index contributed by atoms with van der Waals surface area (Å²) in [5.74, 6) is 0.561. The van der Waals surface area contributed by atoms with Gasteiger partial charge in [-0.3, -0.25) is 4.90 Å². The first-order chi connectivity index (χ1) is 11.5. The number of carbonyl (C=O) groups excluding carboxylic acids is 1. The largest absolute Gasteiger partial charge is 0.497 e. The maximum absolute atomic E-state index is 12.2. The molecule has 0 radical (unpaired) electrons. The molecule has 1 amide bonds. The first kappa shape index (κ1) is 19.0. The summed E-state index contributed by atoms with van der Waals surface area (Å²) < 4.78 is 34.7. The van der Waals surface area contributed by atoms with Crippen molar-refractivity contribution in [1.29, 1.82) is 0 Å². The number of amides is 1. The van der Waals surface area contributed by atoms with Crippen LogP contribution in [0.15, 0.2) is 34.3 Å². The number of ether oxygens (including phenoxy) is 2. The quantitative estimate of drug-likeness (QED) is 0.819. The minimum absolute atomic E-state index is 0.0774. The van der Waals surface area contributed by atoms with Crippen LogP contribution in [0.4, 0.5) is 4.79 Å². The van der Waals surface area contributed by atoms with Crippen LogP contribution in [-0.2, 0) is 14.8 Å². The number of hydrogen-bond acceptors (Lipinski definition) is 6. The summed E-state index contributed by atoms with van der Waals surface area (Å²) in [6, 6.07) is 5.64. The fourth-order valence-corrected chi connectivity index (χ4v) is 2.95. The number of sulfonamides is 1. The van der Waals surface area contributed by atoms with Gasteiger partial charge in [0.25, 0.3) is 10.0 Å². The maximum Gasteiger partial charge on any atom is 0.411 e. The van der Waals surface area contributed by atoms with Crippen LogP contribution in [0.2, 0.25) is 0 Å². The highest BCUT2D eigenvalue weighted by molar-refractivity contribution is 7.89. The highest BCUT2D eigenvalue weighted by atomic mass is 32.2. The van der Waals surface area contributed by atoms with Gasteiger partial charge in [0.2, 0.25) is 0 Å². The Morgan fingerprint density at radius 2 is 1.88 bits per heavy atom. The number of hydrogen-bond donors (Lipinski definition) is 1. The number of likely N-dealkylation sites (tertiary alicyclic amines) is 1. The Balaban J connectivity index is 1.99. The minimum Gasteiger partial charge on any atom is -0.497 e. The van der Waals surface area contributed by atoms with Crippen LogP contribution in [0.1, 0.15) is 27.7 Å². The zero-order valence-corrected chi connectivity index (χ0v) is 15.8. The van der Waals surface area contributed by atoms with Crippen LogP contribution in [-0.4, -0.2) is 50.4 Å². The molecule has 0 bridgehead atoms. The van der Waals surface area contributed by atoms with Gasteiger partial charge in [-0.05, 0) is 52.0 Å². The molecule has 0 spiro atoms. The predicted molar refractivity (Wildman–Crippen MR) is 93.2 cm³/mol. The molecule has 1 fully saturated rings. The fraction of sp³-hybridized carbons (Fsp3) is 0.500. The van der Waals surface area contributed by atoms with E-state index >= 15 is 0 Å². The Kier molecular flexibility index (Phi) is 5.26. The van der Waals surface area contributed by atoms with E-state index in [-0.39, 0.29) is 17.5 Å². The lowest BCUT2D eigenvalue weighted by Crippen LogP contribution is -2.59. The van der Waals surface area contributed by atoms with E-state index in [0.29, 0.717) is 11.5 Å². The summed E-state index contributed by atoms with van der Waals surface area (Å²) in [4.78, 5) is 15.7. The lowest BCUT2D eigenvalue weighted by atomic mass is 10.0. The number of nitrogens with one attached hydrogen (secondary N) is 1. The van der Waals surface area contributed by atoms with Gasteiger partial charge in [-0.25, -0.2) is 4.79 Å². The summed E-state index contributed by atoms with van der Waals surface area (Å²) in [5, 5.41) is 3.93. The molecule has 1 aliphatic heterocycles. The van der Waals surface area contributed by atoms with Crippen molar-refractivity contribution >= 4 is 21.8 Å². The first-order valence-corrected chi connectivity index (χ1v) is 9.24. The van der Waals surface area contributed by atoms with Gasteiger partial charge in [0.15, 0.2) is 0 Å². The molecule has 0 saturated carbocycles. The van der Waals surface area contributed by atoms with E-state index in [4.69, 9.17) is 9.47 Å².